The highest BCUT2D eigenvalue weighted by molar-refractivity contribution is 5.99. The molecule has 466 valence electrons. The number of ether oxygens (including phenoxy) is 1. The smallest absolute Gasteiger partial charge is 0.332 e. The van der Waals surface area contributed by atoms with Gasteiger partial charge < -0.3 is 50.3 Å². The maximum Gasteiger partial charge on any atom is 0.332 e. The van der Waals surface area contributed by atoms with Gasteiger partial charge in [-0.15, -0.1) is 0 Å². The molecule has 3 heterocycles. The average Bonchev–Trinajstić information content (AvgIpc) is 3.76. The number of likely N-dealkylation sites (N-methyl/N-ethyl adjacent to an activating group) is 4. The van der Waals surface area contributed by atoms with Crippen LogP contribution in [0.25, 0.3) is 11.1 Å². The van der Waals surface area contributed by atoms with Crippen LogP contribution in [0.15, 0.2) is 67.0 Å². The van der Waals surface area contributed by atoms with E-state index < -0.39 is 125 Å². The van der Waals surface area contributed by atoms with Gasteiger partial charge in [0, 0.05) is 65.3 Å². The summed E-state index contributed by atoms with van der Waals surface area (Å²) in [6, 6.07) is 6.77. The van der Waals surface area contributed by atoms with Crippen LogP contribution >= 0.6 is 0 Å². The molecule has 2 aromatic carbocycles. The van der Waals surface area contributed by atoms with Gasteiger partial charge in [-0.3, -0.25) is 43.0 Å². The molecule has 21 nitrogen and oxygen atoms in total. The summed E-state index contributed by atoms with van der Waals surface area (Å²) < 4.78 is 8.04. The Labute approximate surface area is 502 Å². The van der Waals surface area contributed by atoms with E-state index in [1.165, 1.54) is 70.6 Å². The molecule has 21 heteroatoms. The van der Waals surface area contributed by atoms with Crippen molar-refractivity contribution in [3.8, 4) is 11.1 Å². The number of rotatable bonds is 13. The van der Waals surface area contributed by atoms with Crippen LogP contribution in [0.5, 0.6) is 0 Å². The van der Waals surface area contributed by atoms with E-state index in [9.17, 15) is 38.7 Å². The summed E-state index contributed by atoms with van der Waals surface area (Å²) in [5.41, 5.74) is 1.16. The molecule has 0 radical (unpaired) electrons. The molecule has 8 amide bonds. The van der Waals surface area contributed by atoms with Crippen LogP contribution in [0.1, 0.15) is 144 Å². The fourth-order valence-electron chi connectivity index (χ4n) is 11.8. The van der Waals surface area contributed by atoms with E-state index in [2.05, 4.69) is 16.0 Å². The minimum Gasteiger partial charge on any atom is -0.450 e. The molecule has 1 saturated carbocycles. The number of aliphatic hydroxyl groups is 1. The number of hydrogen-bond acceptors (Lipinski definition) is 12. The maximum absolute atomic E-state index is 15.6. The van der Waals surface area contributed by atoms with Gasteiger partial charge in [0.2, 0.25) is 41.4 Å². The first kappa shape index (κ1) is 67.0. The van der Waals surface area contributed by atoms with Gasteiger partial charge in [-0.1, -0.05) is 115 Å². The van der Waals surface area contributed by atoms with Crippen LogP contribution in [0.4, 0.5) is 0 Å². The predicted octanol–water partition coefficient (Wildman–Crippen LogP) is 5.08. The molecular formula is C64H94N10O11. The number of hydrogen-bond donors (Lipinski definition) is 4. The van der Waals surface area contributed by atoms with Crippen molar-refractivity contribution in [3.63, 3.8) is 0 Å². The number of aromatic nitrogens is 2. The van der Waals surface area contributed by atoms with Crippen LogP contribution in [-0.2, 0) is 60.7 Å². The Morgan fingerprint density at radius 3 is 1.82 bits per heavy atom. The largest absolute Gasteiger partial charge is 0.450 e. The zero-order chi connectivity index (χ0) is 62.8. The normalized spacial score (nSPS) is 26.5. The lowest BCUT2D eigenvalue weighted by molar-refractivity contribution is -0.177. The minimum absolute atomic E-state index is 0.00164. The van der Waals surface area contributed by atoms with E-state index in [-0.39, 0.29) is 38.1 Å². The van der Waals surface area contributed by atoms with Gasteiger partial charge in [-0.25, -0.2) is 4.79 Å². The van der Waals surface area contributed by atoms with Crippen molar-refractivity contribution < 1.29 is 53.0 Å². The summed E-state index contributed by atoms with van der Waals surface area (Å²) in [4.78, 5) is 140. The first-order valence-corrected chi connectivity index (χ1v) is 30.5. The summed E-state index contributed by atoms with van der Waals surface area (Å²) in [7, 11) is 5.59. The van der Waals surface area contributed by atoms with Crippen molar-refractivity contribution in [2.24, 2.45) is 17.8 Å². The molecule has 6 rings (SSSR count). The number of fused-ring (bicyclic) bond motifs is 1. The molecule has 3 aliphatic rings. The highest BCUT2D eigenvalue weighted by Crippen LogP contribution is 2.32. The molecule has 4 N–H and O–H groups in total. The lowest BCUT2D eigenvalue weighted by atomic mass is 9.94. The number of nitrogens with zero attached hydrogens (tertiary/aromatic N) is 7. The fourth-order valence-corrected chi connectivity index (χ4v) is 11.8. The van der Waals surface area contributed by atoms with E-state index in [0.29, 0.717) is 36.4 Å². The molecule has 1 aromatic heterocycles. The molecule has 3 aromatic rings. The number of benzene rings is 2. The monoisotopic (exact) mass is 1180 g/mol. The number of cyclic esters (lactones) is 1. The third-order valence-corrected chi connectivity index (χ3v) is 17.8. The Hall–Kier alpha value is -7.16. The molecule has 2 aliphatic heterocycles. The lowest BCUT2D eigenvalue weighted by Crippen LogP contribution is -2.62. The predicted molar refractivity (Wildman–Crippen MR) is 322 cm³/mol. The lowest BCUT2D eigenvalue weighted by Gasteiger charge is -2.39. The van der Waals surface area contributed by atoms with Crippen LogP contribution in [0.3, 0.4) is 0 Å². The summed E-state index contributed by atoms with van der Waals surface area (Å²) in [6.07, 6.45) is 8.22. The summed E-state index contributed by atoms with van der Waals surface area (Å²) in [5.74, 6) is -7.75. The molecule has 1 aliphatic carbocycles. The van der Waals surface area contributed by atoms with Crippen molar-refractivity contribution in [2.75, 3.05) is 34.7 Å². The minimum atomic E-state index is -1.97. The second-order valence-electron chi connectivity index (χ2n) is 25.0. The zero-order valence-electron chi connectivity index (χ0n) is 52.5. The highest BCUT2D eigenvalue weighted by Gasteiger charge is 2.47. The van der Waals surface area contributed by atoms with Gasteiger partial charge in [0.25, 0.3) is 5.91 Å². The van der Waals surface area contributed by atoms with E-state index >= 15 is 9.59 Å². The SMILES string of the molecule is CCC(C)C1NC(=O)C2CCCN2C(=O)C(Cc2cccc(-c3cnn(C4CCCC4)c3)c2)N(C)C(=O)C(Cc2ccccc2)NC(=O)[C@H](C)N(C)C(=O)[C@@H](C(C)CC)OC(=O)C(C(C)(C)O)N(C)C(=O)C(CC(C)C)NC(=O)[C@H](C)N(C)C1=O. The van der Waals surface area contributed by atoms with Gasteiger partial charge in [0.1, 0.15) is 42.3 Å². The second-order valence-corrected chi connectivity index (χ2v) is 25.0. The van der Waals surface area contributed by atoms with E-state index in [0.717, 1.165) is 46.6 Å². The molecule has 0 bridgehead atoms. The maximum atomic E-state index is 15.6. The molecule has 85 heavy (non-hydrogen) atoms. The van der Waals surface area contributed by atoms with Crippen molar-refractivity contribution in [1.82, 2.24) is 50.2 Å². The standard InChI is InChI=1S/C64H94N10O11/c1-15-39(5)52-61(81)69(11)41(7)55(75)66-48(32-38(3)4)59(79)72(14)54(64(9,10)84)63(83)85-53(40(6)16-2)62(82)70(12)42(8)56(76)67-49(34-43-24-18-17-19-25-43)58(78)71(13)51(60(80)73-31-23-30-50(73)57(77)68-52)35-44-26-22-27-45(33-44)46-36-65-74(37-46)47-28-20-21-29-47/h17-19,22,24-27,33,36-42,47-54,84H,15-16,20-21,23,28-32,34-35H2,1-14H3,(H,66,75)(H,67,76)(H,68,77)/t39?,40?,41-,42-,48?,49?,50?,51?,52?,53+,54?/m0/s1. The van der Waals surface area contributed by atoms with Gasteiger partial charge in [-0.05, 0) is 94.7 Å². The Bertz CT molecular complexity index is 2850. The summed E-state index contributed by atoms with van der Waals surface area (Å²) in [5, 5.41) is 25.0. The van der Waals surface area contributed by atoms with Crippen molar-refractivity contribution in [2.45, 2.75) is 206 Å². The molecular weight excluding hydrogens is 1080 g/mol. The number of amides is 8. The Morgan fingerprint density at radius 1 is 0.635 bits per heavy atom. The Balaban J connectivity index is 1.46. The zero-order valence-corrected chi connectivity index (χ0v) is 52.5. The molecule has 11 atom stereocenters. The fraction of sp³-hybridized carbons (Fsp3) is 0.625. The first-order valence-electron chi connectivity index (χ1n) is 30.5. The first-order chi connectivity index (χ1) is 40.1. The van der Waals surface area contributed by atoms with Gasteiger partial charge in [0.15, 0.2) is 12.1 Å². The third-order valence-electron chi connectivity index (χ3n) is 17.8. The molecule has 8 unspecified atom stereocenters. The van der Waals surface area contributed by atoms with Crippen LogP contribution in [-0.4, -0.2) is 187 Å². The van der Waals surface area contributed by atoms with Gasteiger partial charge >= 0.3 is 5.97 Å². The molecule has 2 saturated heterocycles. The number of nitrogens with one attached hydrogen (secondary N) is 3. The van der Waals surface area contributed by atoms with Crippen LogP contribution in [0, 0.1) is 17.8 Å². The van der Waals surface area contributed by atoms with Crippen molar-refractivity contribution >= 4 is 53.2 Å². The molecule has 0 spiro atoms. The average molecular weight is 1180 g/mol. The highest BCUT2D eigenvalue weighted by atomic mass is 16.6. The molecule has 3 fully saturated rings. The summed E-state index contributed by atoms with van der Waals surface area (Å²) in [6.45, 7) is 16.5. The van der Waals surface area contributed by atoms with E-state index in [4.69, 9.17) is 9.84 Å². The number of carbonyl (C=O) groups is 9. The Kier molecular flexibility index (Phi) is 23.1. The van der Waals surface area contributed by atoms with E-state index in [1.54, 1.807) is 45.0 Å². The van der Waals surface area contributed by atoms with Crippen LogP contribution in [0.2, 0.25) is 0 Å². The topological polar surface area (TPSA) is 253 Å². The quantitative estimate of drug-likeness (QED) is 0.164. The number of carbonyl (C=O) groups excluding carboxylic acids is 9. The third kappa shape index (κ3) is 16.2. The van der Waals surface area contributed by atoms with Crippen molar-refractivity contribution in [1.29, 1.82) is 0 Å². The summed E-state index contributed by atoms with van der Waals surface area (Å²) >= 11 is 0. The Morgan fingerprint density at radius 2 is 1.22 bits per heavy atom. The van der Waals surface area contributed by atoms with Gasteiger partial charge in [0.05, 0.1) is 17.8 Å². The van der Waals surface area contributed by atoms with Gasteiger partial charge in [-0.2, -0.15) is 5.10 Å². The second kappa shape index (κ2) is 29.3. The van der Waals surface area contributed by atoms with Crippen LogP contribution < -0.4 is 16.0 Å². The van der Waals surface area contributed by atoms with E-state index in [1.807, 2.05) is 68.2 Å². The van der Waals surface area contributed by atoms with Crippen molar-refractivity contribution in [3.05, 3.63) is 78.1 Å². The number of esters is 1.